The molecule has 0 bridgehead atoms. The van der Waals surface area contributed by atoms with Gasteiger partial charge in [-0.2, -0.15) is 0 Å². The number of phenolic OH excluding ortho intramolecular Hbond substituents is 1. The first-order valence-corrected chi connectivity index (χ1v) is 11.5. The minimum Gasteiger partial charge on any atom is -0.508 e. The van der Waals surface area contributed by atoms with Crippen molar-refractivity contribution < 1.29 is 19.4 Å². The number of carbonyl (C=O) groups is 1. The van der Waals surface area contributed by atoms with Crippen LogP contribution in [0.3, 0.4) is 0 Å². The largest absolute Gasteiger partial charge is 0.508 e. The van der Waals surface area contributed by atoms with Crippen LogP contribution in [0.15, 0.2) is 69.6 Å². The molecule has 2 aromatic carbocycles. The second kappa shape index (κ2) is 9.46. The fraction of sp³-hybridized carbons (Fsp3) is 0.240. The molecule has 0 amide bonds. The number of rotatable bonds is 6. The van der Waals surface area contributed by atoms with Gasteiger partial charge in [-0.05, 0) is 62.2 Å². The number of nitrogens with zero attached hydrogens (tertiary/aromatic N) is 2. The van der Waals surface area contributed by atoms with E-state index in [1.807, 2.05) is 31.2 Å². The first-order chi connectivity index (χ1) is 15.9. The van der Waals surface area contributed by atoms with Crippen LogP contribution >= 0.6 is 11.3 Å². The lowest BCUT2D eigenvalue weighted by Gasteiger charge is -2.24. The number of ether oxygens (including phenoxy) is 2. The molecule has 0 spiro atoms. The van der Waals surface area contributed by atoms with Crippen LogP contribution in [0.1, 0.15) is 37.9 Å². The van der Waals surface area contributed by atoms with Crippen molar-refractivity contribution >= 4 is 23.4 Å². The summed E-state index contributed by atoms with van der Waals surface area (Å²) in [6.07, 6.45) is 1.75. The van der Waals surface area contributed by atoms with E-state index in [1.165, 1.54) is 11.3 Å². The Hall–Kier alpha value is -3.65. The van der Waals surface area contributed by atoms with Gasteiger partial charge < -0.3 is 14.6 Å². The molecule has 1 aliphatic heterocycles. The van der Waals surface area contributed by atoms with Crippen molar-refractivity contribution in [1.29, 1.82) is 0 Å². The van der Waals surface area contributed by atoms with E-state index in [9.17, 15) is 14.7 Å². The van der Waals surface area contributed by atoms with Crippen LogP contribution in [0.4, 0.5) is 0 Å². The van der Waals surface area contributed by atoms with Crippen molar-refractivity contribution in [3.8, 4) is 11.5 Å². The normalized spacial score (nSPS) is 15.7. The number of aromatic nitrogens is 1. The summed E-state index contributed by atoms with van der Waals surface area (Å²) in [4.78, 5) is 31.5. The Morgan fingerprint density at radius 2 is 1.82 bits per heavy atom. The van der Waals surface area contributed by atoms with E-state index >= 15 is 0 Å². The van der Waals surface area contributed by atoms with Crippen LogP contribution in [0.5, 0.6) is 11.5 Å². The zero-order valence-electron chi connectivity index (χ0n) is 18.6. The third kappa shape index (κ3) is 4.47. The molecule has 1 N–H and O–H groups in total. The zero-order valence-corrected chi connectivity index (χ0v) is 19.4. The SMILES string of the molecule is CCOC(=O)C1=C(C)N=c2sc(=Cc3ccc(O)cc3)c(=O)n2C1c1ccc(OCC)cc1. The third-order valence-corrected chi connectivity index (χ3v) is 6.20. The number of phenols is 1. The fourth-order valence-electron chi connectivity index (χ4n) is 3.74. The zero-order chi connectivity index (χ0) is 23.5. The summed E-state index contributed by atoms with van der Waals surface area (Å²) in [5.41, 5.74) is 2.14. The highest BCUT2D eigenvalue weighted by Crippen LogP contribution is 2.31. The number of hydrogen-bond donors (Lipinski definition) is 1. The van der Waals surface area contributed by atoms with E-state index in [0.717, 1.165) is 11.1 Å². The number of esters is 1. The molecule has 0 saturated carbocycles. The summed E-state index contributed by atoms with van der Waals surface area (Å²) in [5, 5.41) is 9.53. The van der Waals surface area contributed by atoms with E-state index < -0.39 is 12.0 Å². The Kier molecular flexibility index (Phi) is 6.46. The van der Waals surface area contributed by atoms with Crippen molar-refractivity contribution in [2.75, 3.05) is 13.2 Å². The number of thiazole rings is 1. The van der Waals surface area contributed by atoms with E-state index in [-0.39, 0.29) is 17.9 Å². The highest BCUT2D eigenvalue weighted by atomic mass is 32.1. The molecule has 3 aromatic rings. The van der Waals surface area contributed by atoms with Crippen molar-refractivity contribution in [2.24, 2.45) is 4.99 Å². The molecule has 33 heavy (non-hydrogen) atoms. The van der Waals surface area contributed by atoms with Gasteiger partial charge in [-0.3, -0.25) is 9.36 Å². The molecule has 4 rings (SSSR count). The van der Waals surface area contributed by atoms with Gasteiger partial charge in [-0.25, -0.2) is 9.79 Å². The van der Waals surface area contributed by atoms with Gasteiger partial charge in [0.2, 0.25) is 0 Å². The third-order valence-electron chi connectivity index (χ3n) is 5.21. The topological polar surface area (TPSA) is 90.1 Å². The summed E-state index contributed by atoms with van der Waals surface area (Å²) in [5.74, 6) is 0.364. The van der Waals surface area contributed by atoms with Gasteiger partial charge in [0.25, 0.3) is 5.56 Å². The molecule has 1 atom stereocenters. The van der Waals surface area contributed by atoms with Crippen molar-refractivity contribution in [3.05, 3.63) is 90.6 Å². The van der Waals surface area contributed by atoms with E-state index in [2.05, 4.69) is 4.99 Å². The van der Waals surface area contributed by atoms with Gasteiger partial charge >= 0.3 is 5.97 Å². The van der Waals surface area contributed by atoms with Crippen molar-refractivity contribution in [3.63, 3.8) is 0 Å². The van der Waals surface area contributed by atoms with Gasteiger partial charge in [-0.1, -0.05) is 35.6 Å². The lowest BCUT2D eigenvalue weighted by atomic mass is 9.96. The number of hydrogen-bond acceptors (Lipinski definition) is 7. The minimum absolute atomic E-state index is 0.152. The first-order valence-electron chi connectivity index (χ1n) is 10.6. The smallest absolute Gasteiger partial charge is 0.338 e. The summed E-state index contributed by atoms with van der Waals surface area (Å²) in [6.45, 7) is 6.17. The molecule has 170 valence electrons. The van der Waals surface area contributed by atoms with Crippen LogP contribution in [0.25, 0.3) is 6.08 Å². The Labute approximate surface area is 194 Å². The van der Waals surface area contributed by atoms with Crippen molar-refractivity contribution in [1.82, 2.24) is 4.57 Å². The van der Waals surface area contributed by atoms with E-state index in [0.29, 0.717) is 33.0 Å². The van der Waals surface area contributed by atoms with Crippen LogP contribution in [-0.2, 0) is 9.53 Å². The maximum atomic E-state index is 13.5. The van der Waals surface area contributed by atoms with Crippen LogP contribution in [0, 0.1) is 0 Å². The molecule has 1 unspecified atom stereocenters. The average molecular weight is 465 g/mol. The van der Waals surface area contributed by atoms with Crippen LogP contribution in [0.2, 0.25) is 0 Å². The number of carbonyl (C=O) groups excluding carboxylic acids is 1. The monoisotopic (exact) mass is 464 g/mol. The van der Waals surface area contributed by atoms with Crippen LogP contribution in [-0.4, -0.2) is 28.9 Å². The summed E-state index contributed by atoms with van der Waals surface area (Å²) < 4.78 is 12.9. The predicted octanol–water partition coefficient (Wildman–Crippen LogP) is 2.90. The molecule has 8 heteroatoms. The molecular weight excluding hydrogens is 440 g/mol. The first kappa shape index (κ1) is 22.5. The molecular formula is C25H24N2O5S. The molecule has 0 saturated heterocycles. The van der Waals surface area contributed by atoms with E-state index in [1.54, 1.807) is 48.8 Å². The molecule has 0 fully saturated rings. The average Bonchev–Trinajstić information content (AvgIpc) is 3.10. The number of benzene rings is 2. The van der Waals surface area contributed by atoms with E-state index in [4.69, 9.17) is 9.47 Å². The summed E-state index contributed by atoms with van der Waals surface area (Å²) in [6, 6.07) is 13.3. The van der Waals surface area contributed by atoms with Gasteiger partial charge in [0.15, 0.2) is 4.80 Å². The number of aromatic hydroxyl groups is 1. The van der Waals surface area contributed by atoms with Gasteiger partial charge in [0.1, 0.15) is 11.5 Å². The molecule has 2 heterocycles. The molecule has 1 aromatic heterocycles. The molecule has 0 aliphatic carbocycles. The fourth-order valence-corrected chi connectivity index (χ4v) is 4.79. The Morgan fingerprint density at radius 3 is 2.45 bits per heavy atom. The quantitative estimate of drug-likeness (QED) is 0.567. The lowest BCUT2D eigenvalue weighted by molar-refractivity contribution is -0.139. The lowest BCUT2D eigenvalue weighted by Crippen LogP contribution is -2.39. The van der Waals surface area contributed by atoms with Crippen molar-refractivity contribution in [2.45, 2.75) is 26.8 Å². The van der Waals surface area contributed by atoms with Gasteiger partial charge in [-0.15, -0.1) is 0 Å². The standard InChI is InChI=1S/C25H24N2O5S/c1-4-31-19-12-8-17(9-13-19)22-21(24(30)32-5-2)15(3)26-25-27(22)23(29)20(33-25)14-16-6-10-18(28)11-7-16/h6-14,22,28H,4-5H2,1-3H3. The molecule has 0 radical (unpaired) electrons. The maximum absolute atomic E-state index is 13.5. The van der Waals surface area contributed by atoms with Gasteiger partial charge in [0.05, 0.1) is 35.1 Å². The summed E-state index contributed by atoms with van der Waals surface area (Å²) in [7, 11) is 0. The Balaban J connectivity index is 1.90. The van der Waals surface area contributed by atoms with Gasteiger partial charge in [0, 0.05) is 0 Å². The maximum Gasteiger partial charge on any atom is 0.338 e. The summed E-state index contributed by atoms with van der Waals surface area (Å²) >= 11 is 1.26. The van der Waals surface area contributed by atoms with Crippen LogP contribution < -0.4 is 19.6 Å². The minimum atomic E-state index is -0.669. The highest BCUT2D eigenvalue weighted by Gasteiger charge is 2.33. The number of fused-ring (bicyclic) bond motifs is 1. The Bertz CT molecular complexity index is 1380. The highest BCUT2D eigenvalue weighted by molar-refractivity contribution is 7.07. The molecule has 7 nitrogen and oxygen atoms in total. The molecule has 1 aliphatic rings. The number of allylic oxidation sites excluding steroid dienone is 1. The second-order valence-electron chi connectivity index (χ2n) is 7.40. The Morgan fingerprint density at radius 1 is 1.12 bits per heavy atom. The second-order valence-corrected chi connectivity index (χ2v) is 8.40. The predicted molar refractivity (Wildman–Crippen MR) is 126 cm³/mol.